The number of aromatic nitrogens is 2. The Balaban J connectivity index is 1.51. The fourth-order valence-electron chi connectivity index (χ4n) is 1.95. The summed E-state index contributed by atoms with van der Waals surface area (Å²) < 4.78 is 0.964. The fourth-order valence-corrected chi connectivity index (χ4v) is 3.78. The number of hydrogen-bond donors (Lipinski definition) is 1. The Morgan fingerprint density at radius 1 is 1.00 bits per heavy atom. The molecule has 6 heteroatoms. The monoisotopic (exact) mass is 361 g/mol. The smallest absolute Gasteiger partial charge is 0.206 e. The number of halogens is 1. The van der Waals surface area contributed by atoms with Crippen LogP contribution in [0.2, 0.25) is 5.02 Å². The molecule has 1 aromatic heterocycles. The number of nitrogens with one attached hydrogen (secondary N) is 1. The fraction of sp³-hybridized carbons (Fsp3) is 0.176. The summed E-state index contributed by atoms with van der Waals surface area (Å²) in [7, 11) is 0. The van der Waals surface area contributed by atoms with Crippen molar-refractivity contribution in [2.75, 3.05) is 5.32 Å². The van der Waals surface area contributed by atoms with Gasteiger partial charge in [-0.1, -0.05) is 76.7 Å². The van der Waals surface area contributed by atoms with Crippen molar-refractivity contribution in [3.05, 3.63) is 70.2 Å². The van der Waals surface area contributed by atoms with E-state index in [1.807, 2.05) is 24.3 Å². The van der Waals surface area contributed by atoms with E-state index in [1.54, 1.807) is 23.1 Å². The molecule has 0 saturated heterocycles. The van der Waals surface area contributed by atoms with E-state index in [-0.39, 0.29) is 0 Å². The molecule has 23 heavy (non-hydrogen) atoms. The van der Waals surface area contributed by atoms with Gasteiger partial charge < -0.3 is 5.32 Å². The summed E-state index contributed by atoms with van der Waals surface area (Å²) in [5.74, 6) is 0.865. The van der Waals surface area contributed by atoms with Crippen molar-refractivity contribution in [3.8, 4) is 0 Å². The summed E-state index contributed by atoms with van der Waals surface area (Å²) in [6.07, 6.45) is 0. The summed E-state index contributed by atoms with van der Waals surface area (Å²) in [5, 5.41) is 13.3. The van der Waals surface area contributed by atoms with Gasteiger partial charge in [-0.2, -0.15) is 0 Å². The zero-order valence-electron chi connectivity index (χ0n) is 12.6. The van der Waals surface area contributed by atoms with Gasteiger partial charge in [-0.3, -0.25) is 0 Å². The zero-order valence-corrected chi connectivity index (χ0v) is 15.0. The second-order valence-corrected chi connectivity index (χ2v) is 7.76. The predicted molar refractivity (Wildman–Crippen MR) is 99.4 cm³/mol. The number of anilines is 1. The van der Waals surface area contributed by atoms with Crippen molar-refractivity contribution < 1.29 is 0 Å². The topological polar surface area (TPSA) is 37.8 Å². The van der Waals surface area contributed by atoms with Gasteiger partial charge in [0.25, 0.3) is 0 Å². The number of thioether (sulfide) groups is 1. The molecule has 0 saturated carbocycles. The van der Waals surface area contributed by atoms with Crippen LogP contribution in [0.3, 0.4) is 0 Å². The maximum atomic E-state index is 5.89. The molecule has 0 unspecified atom stereocenters. The molecule has 3 rings (SSSR count). The van der Waals surface area contributed by atoms with Gasteiger partial charge in [0.15, 0.2) is 4.34 Å². The molecule has 0 spiro atoms. The Kier molecular flexibility index (Phi) is 5.54. The van der Waals surface area contributed by atoms with E-state index in [1.165, 1.54) is 16.7 Å². The highest BCUT2D eigenvalue weighted by atomic mass is 35.5. The van der Waals surface area contributed by atoms with E-state index in [2.05, 4.69) is 46.7 Å². The quantitative estimate of drug-likeness (QED) is 0.596. The minimum atomic E-state index is 0.761. The van der Waals surface area contributed by atoms with Gasteiger partial charge in [0.05, 0.1) is 0 Å². The van der Waals surface area contributed by atoms with E-state index < -0.39 is 0 Å². The van der Waals surface area contributed by atoms with E-state index in [4.69, 9.17) is 11.6 Å². The Morgan fingerprint density at radius 3 is 2.43 bits per heavy atom. The molecule has 1 heterocycles. The highest BCUT2D eigenvalue weighted by Gasteiger charge is 2.05. The van der Waals surface area contributed by atoms with Crippen molar-refractivity contribution in [2.45, 2.75) is 23.6 Å². The van der Waals surface area contributed by atoms with Gasteiger partial charge in [0.1, 0.15) is 0 Å². The van der Waals surface area contributed by atoms with Gasteiger partial charge in [0.2, 0.25) is 5.13 Å². The first kappa shape index (κ1) is 16.3. The largest absolute Gasteiger partial charge is 0.356 e. The molecule has 0 aliphatic carbocycles. The van der Waals surface area contributed by atoms with E-state index in [0.717, 1.165) is 26.8 Å². The lowest BCUT2D eigenvalue weighted by Gasteiger charge is -2.02. The standard InChI is InChI=1S/C17H16ClN3S2/c1-12-2-4-13(5-3-12)10-19-16-20-21-17(23-16)22-11-14-6-8-15(18)9-7-14/h2-9H,10-11H2,1H3,(H,19,20). The molecular formula is C17H16ClN3S2. The summed E-state index contributed by atoms with van der Waals surface area (Å²) in [5.41, 5.74) is 3.73. The molecule has 3 nitrogen and oxygen atoms in total. The summed E-state index contributed by atoms with van der Waals surface area (Å²) in [6.45, 7) is 2.85. The molecule has 0 aliphatic rings. The molecule has 0 radical (unpaired) electrons. The summed E-state index contributed by atoms with van der Waals surface area (Å²) >= 11 is 9.16. The molecule has 118 valence electrons. The number of rotatable bonds is 6. The van der Waals surface area contributed by atoms with Gasteiger partial charge in [-0.15, -0.1) is 10.2 Å². The Morgan fingerprint density at radius 2 is 1.70 bits per heavy atom. The molecule has 0 atom stereocenters. The van der Waals surface area contributed by atoms with Crippen molar-refractivity contribution >= 4 is 39.8 Å². The number of aryl methyl sites for hydroxylation is 1. The van der Waals surface area contributed by atoms with Crippen LogP contribution in [0, 0.1) is 6.92 Å². The van der Waals surface area contributed by atoms with Gasteiger partial charge in [0, 0.05) is 17.3 Å². The van der Waals surface area contributed by atoms with Gasteiger partial charge in [-0.25, -0.2) is 0 Å². The second kappa shape index (κ2) is 7.81. The van der Waals surface area contributed by atoms with Crippen LogP contribution in [0.25, 0.3) is 0 Å². The molecule has 2 aromatic carbocycles. The normalized spacial score (nSPS) is 10.7. The van der Waals surface area contributed by atoms with Crippen LogP contribution in [0.15, 0.2) is 52.9 Å². The Bertz CT molecular complexity index is 690. The van der Waals surface area contributed by atoms with Crippen LogP contribution in [0.4, 0.5) is 5.13 Å². The minimum absolute atomic E-state index is 0.761. The first-order chi connectivity index (χ1) is 11.2. The number of benzene rings is 2. The van der Waals surface area contributed by atoms with Crippen LogP contribution in [-0.4, -0.2) is 10.2 Å². The average molecular weight is 362 g/mol. The third-order valence-electron chi connectivity index (χ3n) is 3.25. The van der Waals surface area contributed by atoms with Crippen LogP contribution in [-0.2, 0) is 12.3 Å². The van der Waals surface area contributed by atoms with E-state index in [0.29, 0.717) is 0 Å². The molecule has 0 bridgehead atoms. The highest BCUT2D eigenvalue weighted by molar-refractivity contribution is 8.00. The lowest BCUT2D eigenvalue weighted by Crippen LogP contribution is -1.98. The van der Waals surface area contributed by atoms with E-state index in [9.17, 15) is 0 Å². The zero-order chi connectivity index (χ0) is 16.1. The van der Waals surface area contributed by atoms with Crippen LogP contribution in [0.1, 0.15) is 16.7 Å². The molecular weight excluding hydrogens is 346 g/mol. The molecule has 0 fully saturated rings. The van der Waals surface area contributed by atoms with Crippen molar-refractivity contribution in [2.24, 2.45) is 0 Å². The summed E-state index contributed by atoms with van der Waals surface area (Å²) in [4.78, 5) is 0. The lowest BCUT2D eigenvalue weighted by atomic mass is 10.1. The SMILES string of the molecule is Cc1ccc(CNc2nnc(SCc3ccc(Cl)cc3)s2)cc1. The maximum absolute atomic E-state index is 5.89. The van der Waals surface area contributed by atoms with Gasteiger partial charge in [-0.05, 0) is 30.2 Å². The Labute approximate surface area is 149 Å². The molecule has 1 N–H and O–H groups in total. The third kappa shape index (κ3) is 4.96. The first-order valence-corrected chi connectivity index (χ1v) is 9.37. The second-order valence-electron chi connectivity index (χ2n) is 5.13. The van der Waals surface area contributed by atoms with Crippen LogP contribution >= 0.6 is 34.7 Å². The third-order valence-corrected chi connectivity index (χ3v) is 5.58. The van der Waals surface area contributed by atoms with Crippen molar-refractivity contribution in [1.29, 1.82) is 0 Å². The predicted octanol–water partition coefficient (Wildman–Crippen LogP) is 5.40. The van der Waals surface area contributed by atoms with Crippen molar-refractivity contribution in [3.63, 3.8) is 0 Å². The van der Waals surface area contributed by atoms with Gasteiger partial charge >= 0.3 is 0 Å². The Hall–Kier alpha value is -1.56. The number of hydrogen-bond acceptors (Lipinski definition) is 5. The van der Waals surface area contributed by atoms with Crippen molar-refractivity contribution in [1.82, 2.24) is 10.2 Å². The molecule has 0 amide bonds. The van der Waals surface area contributed by atoms with Crippen LogP contribution in [0.5, 0.6) is 0 Å². The number of nitrogens with zero attached hydrogens (tertiary/aromatic N) is 2. The van der Waals surface area contributed by atoms with E-state index >= 15 is 0 Å². The average Bonchev–Trinajstić information content (AvgIpc) is 3.02. The lowest BCUT2D eigenvalue weighted by molar-refractivity contribution is 0.995. The van der Waals surface area contributed by atoms with Crippen LogP contribution < -0.4 is 5.32 Å². The molecule has 3 aromatic rings. The highest BCUT2D eigenvalue weighted by Crippen LogP contribution is 2.28. The first-order valence-electron chi connectivity index (χ1n) is 7.19. The summed E-state index contributed by atoms with van der Waals surface area (Å²) in [6, 6.07) is 16.4. The maximum Gasteiger partial charge on any atom is 0.206 e. The minimum Gasteiger partial charge on any atom is -0.356 e. The molecule has 0 aliphatic heterocycles.